The standard InChI is InChI=1S/C17H23N3O2/c1-3-17-18-16(19-22-17)12-20(2)11-13-8-9-21-15-7-5-4-6-14(15)10-13/h4-7,13H,3,8-12H2,1-2H3. The lowest BCUT2D eigenvalue weighted by Crippen LogP contribution is -2.27. The zero-order valence-electron chi connectivity index (χ0n) is 13.3. The molecule has 1 aliphatic heterocycles. The number of fused-ring (bicyclic) bond motifs is 1. The van der Waals surface area contributed by atoms with Gasteiger partial charge < -0.3 is 9.26 Å². The number of aryl methyl sites for hydroxylation is 1. The quantitative estimate of drug-likeness (QED) is 0.850. The van der Waals surface area contributed by atoms with E-state index in [2.05, 4.69) is 40.3 Å². The van der Waals surface area contributed by atoms with Gasteiger partial charge in [-0.2, -0.15) is 4.98 Å². The van der Waals surface area contributed by atoms with E-state index in [-0.39, 0.29) is 0 Å². The normalized spacial score (nSPS) is 17.9. The van der Waals surface area contributed by atoms with Gasteiger partial charge in [-0.25, -0.2) is 0 Å². The van der Waals surface area contributed by atoms with Crippen LogP contribution in [0, 0.1) is 5.92 Å². The Morgan fingerprint density at radius 1 is 1.32 bits per heavy atom. The first-order chi connectivity index (χ1) is 10.7. The van der Waals surface area contributed by atoms with Crippen molar-refractivity contribution in [3.8, 4) is 5.75 Å². The summed E-state index contributed by atoms with van der Waals surface area (Å²) in [5, 5.41) is 4.02. The molecule has 2 aromatic rings. The predicted octanol–water partition coefficient (Wildman–Crippen LogP) is 2.71. The van der Waals surface area contributed by atoms with Crippen molar-refractivity contribution in [1.29, 1.82) is 0 Å². The van der Waals surface area contributed by atoms with Crippen LogP contribution in [-0.4, -0.2) is 35.2 Å². The van der Waals surface area contributed by atoms with E-state index in [1.807, 2.05) is 13.0 Å². The highest BCUT2D eigenvalue weighted by molar-refractivity contribution is 5.34. The molecule has 1 atom stereocenters. The monoisotopic (exact) mass is 301 g/mol. The molecule has 118 valence electrons. The summed E-state index contributed by atoms with van der Waals surface area (Å²) < 4.78 is 11.0. The molecule has 1 unspecified atom stereocenters. The number of aromatic nitrogens is 2. The fraction of sp³-hybridized carbons (Fsp3) is 0.529. The SMILES string of the molecule is CCc1nc(CN(C)CC2CCOc3ccccc3C2)no1. The second-order valence-electron chi connectivity index (χ2n) is 5.97. The molecule has 0 aliphatic carbocycles. The van der Waals surface area contributed by atoms with Gasteiger partial charge in [-0.15, -0.1) is 0 Å². The number of benzene rings is 1. The Morgan fingerprint density at radius 3 is 3.00 bits per heavy atom. The molecule has 2 heterocycles. The van der Waals surface area contributed by atoms with Gasteiger partial charge in [0.15, 0.2) is 5.82 Å². The number of rotatable bonds is 5. The lowest BCUT2D eigenvalue weighted by molar-refractivity contribution is 0.229. The van der Waals surface area contributed by atoms with Crippen LogP contribution in [0.25, 0.3) is 0 Å². The maximum atomic E-state index is 5.84. The molecular weight excluding hydrogens is 278 g/mol. The largest absolute Gasteiger partial charge is 0.493 e. The van der Waals surface area contributed by atoms with Crippen molar-refractivity contribution in [2.45, 2.75) is 32.7 Å². The number of para-hydroxylation sites is 1. The average molecular weight is 301 g/mol. The highest BCUT2D eigenvalue weighted by Crippen LogP contribution is 2.27. The van der Waals surface area contributed by atoms with E-state index >= 15 is 0 Å². The molecule has 0 bridgehead atoms. The first-order valence-corrected chi connectivity index (χ1v) is 7.95. The van der Waals surface area contributed by atoms with Crippen LogP contribution in [0.1, 0.15) is 30.6 Å². The van der Waals surface area contributed by atoms with Crippen LogP contribution >= 0.6 is 0 Å². The maximum absolute atomic E-state index is 5.84. The van der Waals surface area contributed by atoms with Gasteiger partial charge in [0.25, 0.3) is 0 Å². The number of hydrogen-bond donors (Lipinski definition) is 0. The molecule has 0 saturated carbocycles. The van der Waals surface area contributed by atoms with E-state index in [1.54, 1.807) is 0 Å². The summed E-state index contributed by atoms with van der Waals surface area (Å²) >= 11 is 0. The molecule has 0 spiro atoms. The zero-order chi connectivity index (χ0) is 15.4. The van der Waals surface area contributed by atoms with E-state index in [4.69, 9.17) is 9.26 Å². The molecule has 0 saturated heterocycles. The molecule has 0 amide bonds. The van der Waals surface area contributed by atoms with Crippen LogP contribution < -0.4 is 4.74 Å². The van der Waals surface area contributed by atoms with Gasteiger partial charge in [-0.1, -0.05) is 30.3 Å². The van der Waals surface area contributed by atoms with E-state index in [1.165, 1.54) is 5.56 Å². The first kappa shape index (κ1) is 15.0. The van der Waals surface area contributed by atoms with E-state index in [9.17, 15) is 0 Å². The Morgan fingerprint density at radius 2 is 2.18 bits per heavy atom. The second kappa shape index (κ2) is 6.92. The highest BCUT2D eigenvalue weighted by atomic mass is 16.5. The minimum atomic E-state index is 0.589. The molecule has 1 aromatic carbocycles. The first-order valence-electron chi connectivity index (χ1n) is 7.95. The molecule has 1 aromatic heterocycles. The molecule has 3 rings (SSSR count). The van der Waals surface area contributed by atoms with Gasteiger partial charge in [0.1, 0.15) is 5.75 Å². The minimum Gasteiger partial charge on any atom is -0.493 e. The van der Waals surface area contributed by atoms with Crippen molar-refractivity contribution in [2.24, 2.45) is 5.92 Å². The highest BCUT2D eigenvalue weighted by Gasteiger charge is 2.19. The van der Waals surface area contributed by atoms with Crippen LogP contribution in [-0.2, 0) is 19.4 Å². The Labute approximate surface area is 131 Å². The van der Waals surface area contributed by atoms with Crippen molar-refractivity contribution in [3.05, 3.63) is 41.5 Å². The van der Waals surface area contributed by atoms with E-state index < -0.39 is 0 Å². The van der Waals surface area contributed by atoms with Gasteiger partial charge in [0, 0.05) is 13.0 Å². The zero-order valence-corrected chi connectivity index (χ0v) is 13.3. The molecule has 5 nitrogen and oxygen atoms in total. The van der Waals surface area contributed by atoms with Crippen LogP contribution in [0.2, 0.25) is 0 Å². The minimum absolute atomic E-state index is 0.589. The lowest BCUT2D eigenvalue weighted by atomic mass is 9.96. The lowest BCUT2D eigenvalue weighted by Gasteiger charge is -2.21. The summed E-state index contributed by atoms with van der Waals surface area (Å²) in [6.45, 7) is 4.54. The third kappa shape index (κ3) is 3.65. The van der Waals surface area contributed by atoms with Crippen molar-refractivity contribution in [1.82, 2.24) is 15.0 Å². The Kier molecular flexibility index (Phi) is 4.73. The van der Waals surface area contributed by atoms with Crippen molar-refractivity contribution in [2.75, 3.05) is 20.2 Å². The smallest absolute Gasteiger partial charge is 0.226 e. The van der Waals surface area contributed by atoms with Crippen molar-refractivity contribution < 1.29 is 9.26 Å². The summed E-state index contributed by atoms with van der Waals surface area (Å²) in [5.41, 5.74) is 1.31. The predicted molar refractivity (Wildman–Crippen MR) is 83.8 cm³/mol. The maximum Gasteiger partial charge on any atom is 0.226 e. The van der Waals surface area contributed by atoms with Gasteiger partial charge in [0.05, 0.1) is 13.2 Å². The molecule has 0 radical (unpaired) electrons. The fourth-order valence-corrected chi connectivity index (χ4v) is 2.96. The number of nitrogens with zero attached hydrogens (tertiary/aromatic N) is 3. The Bertz CT molecular complexity index is 611. The van der Waals surface area contributed by atoms with E-state index in [0.717, 1.165) is 50.5 Å². The molecule has 5 heteroatoms. The van der Waals surface area contributed by atoms with Gasteiger partial charge in [-0.3, -0.25) is 4.90 Å². The van der Waals surface area contributed by atoms with Crippen LogP contribution in [0.15, 0.2) is 28.8 Å². The topological polar surface area (TPSA) is 51.4 Å². The van der Waals surface area contributed by atoms with Crippen LogP contribution in [0.3, 0.4) is 0 Å². The molecular formula is C17H23N3O2. The third-order valence-corrected chi connectivity index (χ3v) is 4.06. The third-order valence-electron chi connectivity index (χ3n) is 4.06. The van der Waals surface area contributed by atoms with Crippen molar-refractivity contribution in [3.63, 3.8) is 0 Å². The summed E-state index contributed by atoms with van der Waals surface area (Å²) in [4.78, 5) is 6.64. The fourth-order valence-electron chi connectivity index (χ4n) is 2.96. The van der Waals surface area contributed by atoms with Gasteiger partial charge in [0.2, 0.25) is 5.89 Å². The summed E-state index contributed by atoms with van der Waals surface area (Å²) in [5.74, 6) is 3.11. The van der Waals surface area contributed by atoms with E-state index in [0.29, 0.717) is 11.8 Å². The van der Waals surface area contributed by atoms with Crippen LogP contribution in [0.4, 0.5) is 0 Å². The molecule has 0 N–H and O–H groups in total. The summed E-state index contributed by atoms with van der Waals surface area (Å²) in [7, 11) is 2.11. The summed E-state index contributed by atoms with van der Waals surface area (Å²) in [6.07, 6.45) is 2.92. The Balaban J connectivity index is 1.58. The van der Waals surface area contributed by atoms with Crippen molar-refractivity contribution >= 4 is 0 Å². The Hall–Kier alpha value is -1.88. The molecule has 1 aliphatic rings. The second-order valence-corrected chi connectivity index (χ2v) is 5.97. The molecule has 22 heavy (non-hydrogen) atoms. The molecule has 0 fully saturated rings. The summed E-state index contributed by atoms with van der Waals surface area (Å²) in [6, 6.07) is 8.35. The average Bonchev–Trinajstić information content (AvgIpc) is 2.86. The number of ether oxygens (including phenoxy) is 1. The van der Waals surface area contributed by atoms with Crippen LogP contribution in [0.5, 0.6) is 5.75 Å². The van der Waals surface area contributed by atoms with Gasteiger partial charge in [-0.05, 0) is 37.4 Å². The number of hydrogen-bond acceptors (Lipinski definition) is 5. The van der Waals surface area contributed by atoms with Gasteiger partial charge >= 0.3 is 0 Å².